The van der Waals surface area contributed by atoms with Crippen molar-refractivity contribution in [1.29, 1.82) is 0 Å². The normalized spacial score (nSPS) is 20.4. The van der Waals surface area contributed by atoms with Crippen molar-refractivity contribution in [3.63, 3.8) is 0 Å². The number of nitrogens with zero attached hydrogens (tertiary/aromatic N) is 1. The molecule has 0 aliphatic carbocycles. The minimum absolute atomic E-state index is 0.148. The third-order valence-corrected chi connectivity index (χ3v) is 4.19. The molecule has 3 heteroatoms. The Balaban J connectivity index is 1.83. The van der Waals surface area contributed by atoms with Gasteiger partial charge in [0.15, 0.2) is 0 Å². The molecule has 0 spiro atoms. The van der Waals surface area contributed by atoms with Crippen LogP contribution in [0.1, 0.15) is 31.7 Å². The van der Waals surface area contributed by atoms with Gasteiger partial charge in [-0.05, 0) is 62.5 Å². The number of halogens is 1. The molecule has 1 N–H and O–H groups in total. The molecule has 0 unspecified atom stereocenters. The maximum Gasteiger partial charge on any atom is 0.123 e. The van der Waals surface area contributed by atoms with Crippen molar-refractivity contribution < 1.29 is 4.39 Å². The fourth-order valence-corrected chi connectivity index (χ4v) is 3.28. The zero-order valence-electron chi connectivity index (χ0n) is 11.5. The highest BCUT2D eigenvalue weighted by Gasteiger charge is 2.24. The largest absolute Gasteiger partial charge is 0.361 e. The molecule has 1 aliphatic heterocycles. The average molecular weight is 260 g/mol. The van der Waals surface area contributed by atoms with E-state index in [1.165, 1.54) is 44.0 Å². The number of nitrogens with one attached hydrogen (secondary N) is 1. The van der Waals surface area contributed by atoms with E-state index in [4.69, 9.17) is 0 Å². The van der Waals surface area contributed by atoms with Gasteiger partial charge in [0, 0.05) is 23.1 Å². The van der Waals surface area contributed by atoms with Crippen molar-refractivity contribution in [2.75, 3.05) is 13.1 Å². The highest BCUT2D eigenvalue weighted by Crippen LogP contribution is 2.26. The predicted molar refractivity (Wildman–Crippen MR) is 76.8 cm³/mol. The monoisotopic (exact) mass is 260 g/mol. The molecule has 2 heterocycles. The number of hydrogen-bond acceptors (Lipinski definition) is 1. The van der Waals surface area contributed by atoms with Gasteiger partial charge in [-0.2, -0.15) is 0 Å². The van der Waals surface area contributed by atoms with E-state index in [1.54, 1.807) is 6.07 Å². The lowest BCUT2D eigenvalue weighted by atomic mass is 10.0. The Hall–Kier alpha value is -1.35. The Labute approximate surface area is 113 Å². The molecule has 0 amide bonds. The van der Waals surface area contributed by atoms with Gasteiger partial charge in [0.2, 0.25) is 0 Å². The summed E-state index contributed by atoms with van der Waals surface area (Å²) < 4.78 is 13.4. The van der Waals surface area contributed by atoms with Crippen LogP contribution in [0.2, 0.25) is 0 Å². The molecule has 3 rings (SSSR count). The van der Waals surface area contributed by atoms with Gasteiger partial charge in [0.05, 0.1) is 0 Å². The van der Waals surface area contributed by atoms with Gasteiger partial charge < -0.3 is 9.88 Å². The van der Waals surface area contributed by atoms with Crippen LogP contribution in [0, 0.1) is 5.82 Å². The van der Waals surface area contributed by atoms with Crippen molar-refractivity contribution in [2.24, 2.45) is 0 Å². The predicted octanol–water partition coefficient (Wildman–Crippen LogP) is 3.72. The third kappa shape index (κ3) is 2.52. The number of aromatic nitrogens is 1. The van der Waals surface area contributed by atoms with Gasteiger partial charge in [-0.15, -0.1) is 0 Å². The van der Waals surface area contributed by atoms with Gasteiger partial charge in [-0.3, -0.25) is 0 Å². The first kappa shape index (κ1) is 12.7. The van der Waals surface area contributed by atoms with Crippen molar-refractivity contribution in [2.45, 2.75) is 38.6 Å². The van der Waals surface area contributed by atoms with E-state index in [9.17, 15) is 4.39 Å². The summed E-state index contributed by atoms with van der Waals surface area (Å²) in [6.45, 7) is 4.63. The molecular weight excluding hydrogens is 239 g/mol. The first-order chi connectivity index (χ1) is 9.28. The second-order valence-corrected chi connectivity index (χ2v) is 5.54. The van der Waals surface area contributed by atoms with Crippen LogP contribution in [0.15, 0.2) is 24.4 Å². The molecule has 1 aromatic carbocycles. The Kier molecular flexibility index (Phi) is 3.56. The zero-order valence-corrected chi connectivity index (χ0v) is 11.5. The molecule has 0 saturated carbocycles. The highest BCUT2D eigenvalue weighted by molar-refractivity contribution is 5.83. The van der Waals surface area contributed by atoms with Gasteiger partial charge in [-0.25, -0.2) is 4.39 Å². The lowest BCUT2D eigenvalue weighted by Crippen LogP contribution is -2.31. The maximum atomic E-state index is 13.4. The van der Waals surface area contributed by atoms with Crippen LogP contribution in [-0.2, 0) is 6.42 Å². The van der Waals surface area contributed by atoms with E-state index in [2.05, 4.69) is 16.8 Å². The molecule has 0 radical (unpaired) electrons. The van der Waals surface area contributed by atoms with Gasteiger partial charge in [0.1, 0.15) is 5.82 Å². The van der Waals surface area contributed by atoms with Crippen LogP contribution in [0.3, 0.4) is 0 Å². The number of rotatable bonds is 4. The third-order valence-electron chi connectivity index (χ3n) is 4.19. The molecule has 1 aromatic heterocycles. The fraction of sp³-hybridized carbons (Fsp3) is 0.500. The minimum Gasteiger partial charge on any atom is -0.361 e. The summed E-state index contributed by atoms with van der Waals surface area (Å²) in [6, 6.07) is 5.62. The Morgan fingerprint density at radius 1 is 1.42 bits per heavy atom. The standard InChI is InChI=1S/C16H21FN2/c1-2-7-19-8-3-4-14(19)9-12-11-18-16-6-5-13(17)10-15(12)16/h5-6,10-11,14,18H,2-4,7-9H2,1H3/t14-/m1/s1. The molecule has 1 aliphatic rings. The first-order valence-electron chi connectivity index (χ1n) is 7.27. The molecule has 1 saturated heterocycles. The van der Waals surface area contributed by atoms with Crippen molar-refractivity contribution in [3.8, 4) is 0 Å². The lowest BCUT2D eigenvalue weighted by molar-refractivity contribution is 0.253. The van der Waals surface area contributed by atoms with Gasteiger partial charge >= 0.3 is 0 Å². The minimum atomic E-state index is -0.148. The van der Waals surface area contributed by atoms with Crippen molar-refractivity contribution in [3.05, 3.63) is 35.8 Å². The summed E-state index contributed by atoms with van der Waals surface area (Å²) in [6.07, 6.45) is 6.85. The summed E-state index contributed by atoms with van der Waals surface area (Å²) in [4.78, 5) is 5.83. The zero-order chi connectivity index (χ0) is 13.2. The van der Waals surface area contributed by atoms with Crippen LogP contribution < -0.4 is 0 Å². The number of H-pyrrole nitrogens is 1. The lowest BCUT2D eigenvalue weighted by Gasteiger charge is -2.23. The molecule has 0 bridgehead atoms. The van der Waals surface area contributed by atoms with Crippen molar-refractivity contribution in [1.82, 2.24) is 9.88 Å². The van der Waals surface area contributed by atoms with E-state index in [1.807, 2.05) is 12.3 Å². The average Bonchev–Trinajstić information content (AvgIpc) is 2.99. The smallest absolute Gasteiger partial charge is 0.123 e. The molecular formula is C16H21FN2. The number of likely N-dealkylation sites (tertiary alicyclic amines) is 1. The molecule has 1 fully saturated rings. The van der Waals surface area contributed by atoms with Gasteiger partial charge in [-0.1, -0.05) is 6.92 Å². The molecule has 19 heavy (non-hydrogen) atoms. The van der Waals surface area contributed by atoms with E-state index in [-0.39, 0.29) is 5.82 Å². The highest BCUT2D eigenvalue weighted by atomic mass is 19.1. The number of fused-ring (bicyclic) bond motifs is 1. The van der Waals surface area contributed by atoms with E-state index < -0.39 is 0 Å². The second-order valence-electron chi connectivity index (χ2n) is 5.54. The van der Waals surface area contributed by atoms with Gasteiger partial charge in [0.25, 0.3) is 0 Å². The molecule has 2 nitrogen and oxygen atoms in total. The number of benzene rings is 1. The van der Waals surface area contributed by atoms with E-state index in [0.29, 0.717) is 6.04 Å². The summed E-state index contributed by atoms with van der Waals surface area (Å²) in [7, 11) is 0. The summed E-state index contributed by atoms with van der Waals surface area (Å²) >= 11 is 0. The summed E-state index contributed by atoms with van der Waals surface area (Å²) in [5.74, 6) is -0.148. The van der Waals surface area contributed by atoms with E-state index in [0.717, 1.165) is 17.3 Å². The Bertz CT molecular complexity index is 561. The van der Waals surface area contributed by atoms with E-state index >= 15 is 0 Å². The molecule has 1 atom stereocenters. The van der Waals surface area contributed by atoms with Crippen LogP contribution in [-0.4, -0.2) is 29.0 Å². The van der Waals surface area contributed by atoms with Crippen LogP contribution in [0.4, 0.5) is 4.39 Å². The van der Waals surface area contributed by atoms with Crippen molar-refractivity contribution >= 4 is 10.9 Å². The second kappa shape index (κ2) is 5.33. The van der Waals surface area contributed by atoms with Crippen LogP contribution in [0.5, 0.6) is 0 Å². The summed E-state index contributed by atoms with van der Waals surface area (Å²) in [5.41, 5.74) is 2.29. The summed E-state index contributed by atoms with van der Waals surface area (Å²) in [5, 5.41) is 1.04. The quantitative estimate of drug-likeness (QED) is 0.887. The van der Waals surface area contributed by atoms with Crippen LogP contribution >= 0.6 is 0 Å². The topological polar surface area (TPSA) is 19.0 Å². The maximum absolute atomic E-state index is 13.4. The number of aromatic amines is 1. The first-order valence-corrected chi connectivity index (χ1v) is 7.27. The molecule has 2 aromatic rings. The molecule has 102 valence electrons. The Morgan fingerprint density at radius 2 is 2.32 bits per heavy atom. The Morgan fingerprint density at radius 3 is 3.16 bits per heavy atom. The number of hydrogen-bond donors (Lipinski definition) is 1. The van der Waals surface area contributed by atoms with Crippen LogP contribution in [0.25, 0.3) is 10.9 Å². The fourth-order valence-electron chi connectivity index (χ4n) is 3.28. The SMILES string of the molecule is CCCN1CCC[C@@H]1Cc1c[nH]c2ccc(F)cc12.